The van der Waals surface area contributed by atoms with Gasteiger partial charge in [-0.25, -0.2) is 0 Å². The molecular formula is C10H11NO2S. The van der Waals surface area contributed by atoms with Crippen LogP contribution in [0.15, 0.2) is 30.3 Å². The minimum absolute atomic E-state index is 0.123. The lowest BCUT2D eigenvalue weighted by atomic mass is 10.2. The molecule has 0 saturated carbocycles. The van der Waals surface area contributed by atoms with Gasteiger partial charge in [0.2, 0.25) is 0 Å². The summed E-state index contributed by atoms with van der Waals surface area (Å²) in [7, 11) is 0. The van der Waals surface area contributed by atoms with E-state index in [4.69, 9.17) is 5.11 Å². The van der Waals surface area contributed by atoms with E-state index in [1.54, 1.807) is 11.8 Å². The summed E-state index contributed by atoms with van der Waals surface area (Å²) in [4.78, 5) is 10.7. The number of aliphatic carboxylic acids is 1. The zero-order valence-corrected chi connectivity index (χ0v) is 8.33. The van der Waals surface area contributed by atoms with E-state index in [0.29, 0.717) is 5.75 Å². The molecule has 14 heavy (non-hydrogen) atoms. The van der Waals surface area contributed by atoms with Crippen LogP contribution in [0.3, 0.4) is 0 Å². The third-order valence-electron chi connectivity index (χ3n) is 2.18. The average Bonchev–Trinajstić information content (AvgIpc) is 2.68. The predicted octanol–water partition coefficient (Wildman–Crippen LogP) is 1.47. The Hall–Kier alpha value is -1.00. The summed E-state index contributed by atoms with van der Waals surface area (Å²) in [6.45, 7) is 0. The molecule has 2 atom stereocenters. The highest BCUT2D eigenvalue weighted by molar-refractivity contribution is 7.99. The zero-order valence-electron chi connectivity index (χ0n) is 7.51. The molecule has 0 unspecified atom stereocenters. The van der Waals surface area contributed by atoms with E-state index in [0.717, 1.165) is 5.56 Å². The van der Waals surface area contributed by atoms with Crippen LogP contribution < -0.4 is 5.32 Å². The number of hydrogen-bond acceptors (Lipinski definition) is 3. The largest absolute Gasteiger partial charge is 0.480 e. The summed E-state index contributed by atoms with van der Waals surface area (Å²) in [5.74, 6) is -0.134. The molecule has 1 saturated heterocycles. The SMILES string of the molecule is O=C(O)[C@@H]1CS[C@@H](c2ccccc2)N1. The van der Waals surface area contributed by atoms with Crippen LogP contribution in [0, 0.1) is 0 Å². The van der Waals surface area contributed by atoms with E-state index in [9.17, 15) is 4.79 Å². The molecule has 1 aromatic carbocycles. The van der Waals surface area contributed by atoms with Crippen LogP contribution in [0.1, 0.15) is 10.9 Å². The first-order chi connectivity index (χ1) is 6.77. The standard InChI is InChI=1S/C10H11NO2S/c12-10(13)8-6-14-9(11-8)7-4-2-1-3-5-7/h1-5,8-9,11H,6H2,(H,12,13)/t8-,9-/m0/s1. The van der Waals surface area contributed by atoms with Crippen LogP contribution in [-0.4, -0.2) is 22.9 Å². The molecule has 0 bridgehead atoms. The molecule has 0 aliphatic carbocycles. The van der Waals surface area contributed by atoms with Crippen LogP contribution in [0.25, 0.3) is 0 Å². The van der Waals surface area contributed by atoms with Gasteiger partial charge in [-0.3, -0.25) is 10.1 Å². The maximum absolute atomic E-state index is 10.7. The molecular weight excluding hydrogens is 198 g/mol. The second-order valence-electron chi connectivity index (χ2n) is 3.18. The van der Waals surface area contributed by atoms with Crippen molar-refractivity contribution in [1.29, 1.82) is 0 Å². The fraction of sp³-hybridized carbons (Fsp3) is 0.300. The molecule has 4 heteroatoms. The van der Waals surface area contributed by atoms with Gasteiger partial charge >= 0.3 is 5.97 Å². The van der Waals surface area contributed by atoms with Gasteiger partial charge in [0.1, 0.15) is 6.04 Å². The van der Waals surface area contributed by atoms with Crippen molar-refractivity contribution in [2.45, 2.75) is 11.4 Å². The Bertz CT molecular complexity index is 328. The summed E-state index contributed by atoms with van der Waals surface area (Å²) in [6.07, 6.45) is 0. The second kappa shape index (κ2) is 4.02. The molecule has 3 nitrogen and oxygen atoms in total. The lowest BCUT2D eigenvalue weighted by molar-refractivity contribution is -0.138. The van der Waals surface area contributed by atoms with E-state index in [1.165, 1.54) is 0 Å². The van der Waals surface area contributed by atoms with Crippen molar-refractivity contribution >= 4 is 17.7 Å². The normalized spacial score (nSPS) is 26.3. The average molecular weight is 209 g/mol. The van der Waals surface area contributed by atoms with Gasteiger partial charge in [-0.15, -0.1) is 11.8 Å². The number of benzene rings is 1. The Morgan fingerprint density at radius 2 is 2.14 bits per heavy atom. The van der Waals surface area contributed by atoms with Crippen molar-refractivity contribution in [3.05, 3.63) is 35.9 Å². The fourth-order valence-corrected chi connectivity index (χ4v) is 2.67. The number of rotatable bonds is 2. The van der Waals surface area contributed by atoms with Crippen molar-refractivity contribution in [3.63, 3.8) is 0 Å². The van der Waals surface area contributed by atoms with Gasteiger partial charge in [-0.2, -0.15) is 0 Å². The van der Waals surface area contributed by atoms with Crippen molar-refractivity contribution in [1.82, 2.24) is 5.32 Å². The fourth-order valence-electron chi connectivity index (χ4n) is 1.43. The quantitative estimate of drug-likeness (QED) is 0.774. The molecule has 1 aromatic rings. The van der Waals surface area contributed by atoms with Crippen LogP contribution in [0.4, 0.5) is 0 Å². The summed E-state index contributed by atoms with van der Waals surface area (Å²) >= 11 is 1.64. The molecule has 2 N–H and O–H groups in total. The second-order valence-corrected chi connectivity index (χ2v) is 4.32. The number of nitrogens with one attached hydrogen (secondary N) is 1. The first kappa shape index (κ1) is 9.55. The van der Waals surface area contributed by atoms with E-state index >= 15 is 0 Å². The van der Waals surface area contributed by atoms with Crippen LogP contribution in [0.5, 0.6) is 0 Å². The highest BCUT2D eigenvalue weighted by Gasteiger charge is 2.29. The molecule has 1 fully saturated rings. The van der Waals surface area contributed by atoms with E-state index in [2.05, 4.69) is 5.32 Å². The van der Waals surface area contributed by atoms with Crippen molar-refractivity contribution in [3.8, 4) is 0 Å². The zero-order chi connectivity index (χ0) is 9.97. The van der Waals surface area contributed by atoms with Gasteiger partial charge in [-0.1, -0.05) is 30.3 Å². The third-order valence-corrected chi connectivity index (χ3v) is 3.45. The summed E-state index contributed by atoms with van der Waals surface area (Å²) < 4.78 is 0. The van der Waals surface area contributed by atoms with E-state index < -0.39 is 12.0 Å². The molecule has 1 aliphatic rings. The monoisotopic (exact) mass is 209 g/mol. The molecule has 2 rings (SSSR count). The van der Waals surface area contributed by atoms with E-state index in [1.807, 2.05) is 30.3 Å². The minimum Gasteiger partial charge on any atom is -0.480 e. The van der Waals surface area contributed by atoms with Crippen LogP contribution in [-0.2, 0) is 4.79 Å². The van der Waals surface area contributed by atoms with Gasteiger partial charge in [0.05, 0.1) is 5.37 Å². The molecule has 0 aromatic heterocycles. The van der Waals surface area contributed by atoms with Crippen LogP contribution >= 0.6 is 11.8 Å². The van der Waals surface area contributed by atoms with E-state index in [-0.39, 0.29) is 5.37 Å². The molecule has 0 spiro atoms. The molecule has 74 valence electrons. The summed E-state index contributed by atoms with van der Waals surface area (Å²) in [6, 6.07) is 9.49. The maximum Gasteiger partial charge on any atom is 0.321 e. The summed E-state index contributed by atoms with van der Waals surface area (Å²) in [5.41, 5.74) is 1.14. The number of carboxylic acids is 1. The lowest BCUT2D eigenvalue weighted by Gasteiger charge is -2.10. The molecule has 0 radical (unpaired) electrons. The minimum atomic E-state index is -0.768. The Morgan fingerprint density at radius 3 is 2.71 bits per heavy atom. The molecule has 0 amide bonds. The number of carboxylic acid groups (broad SMARTS) is 1. The molecule has 1 heterocycles. The van der Waals surface area contributed by atoms with Crippen molar-refractivity contribution < 1.29 is 9.90 Å². The number of carbonyl (C=O) groups is 1. The van der Waals surface area contributed by atoms with Gasteiger partial charge in [0.25, 0.3) is 0 Å². The highest BCUT2D eigenvalue weighted by Crippen LogP contribution is 2.32. The van der Waals surface area contributed by atoms with Gasteiger partial charge in [0, 0.05) is 5.75 Å². The smallest absolute Gasteiger partial charge is 0.321 e. The number of hydrogen-bond donors (Lipinski definition) is 2. The Kier molecular flexibility index (Phi) is 2.74. The Balaban J connectivity index is 2.06. The highest BCUT2D eigenvalue weighted by atomic mass is 32.2. The first-order valence-electron chi connectivity index (χ1n) is 4.43. The van der Waals surface area contributed by atoms with Crippen molar-refractivity contribution in [2.24, 2.45) is 0 Å². The van der Waals surface area contributed by atoms with Crippen molar-refractivity contribution in [2.75, 3.05) is 5.75 Å². The first-order valence-corrected chi connectivity index (χ1v) is 5.47. The lowest BCUT2D eigenvalue weighted by Crippen LogP contribution is -2.33. The third kappa shape index (κ3) is 1.91. The Labute approximate surface area is 86.5 Å². The maximum atomic E-state index is 10.7. The predicted molar refractivity (Wildman–Crippen MR) is 56.2 cm³/mol. The van der Waals surface area contributed by atoms with Crippen LogP contribution in [0.2, 0.25) is 0 Å². The van der Waals surface area contributed by atoms with Gasteiger partial charge in [0.15, 0.2) is 0 Å². The molecule has 1 aliphatic heterocycles. The summed E-state index contributed by atoms with van der Waals surface area (Å²) in [5, 5.41) is 12.0. The Morgan fingerprint density at radius 1 is 1.43 bits per heavy atom. The number of thioether (sulfide) groups is 1. The van der Waals surface area contributed by atoms with Gasteiger partial charge in [-0.05, 0) is 5.56 Å². The topological polar surface area (TPSA) is 49.3 Å². The van der Waals surface area contributed by atoms with Gasteiger partial charge < -0.3 is 5.11 Å².